The minimum absolute atomic E-state index is 0.178. The highest BCUT2D eigenvalue weighted by Crippen LogP contribution is 2.37. The summed E-state index contributed by atoms with van der Waals surface area (Å²) in [5.41, 5.74) is 3.25. The Morgan fingerprint density at radius 1 is 0.846 bits per heavy atom. The van der Waals surface area contributed by atoms with Crippen molar-refractivity contribution in [3.05, 3.63) is 109 Å². The maximum absolute atomic E-state index is 13.5. The molecule has 3 aromatic heterocycles. The van der Waals surface area contributed by atoms with Crippen LogP contribution in [0.4, 0.5) is 0 Å². The molecule has 6 rings (SSSR count). The average Bonchev–Trinajstić information content (AvgIpc) is 3.29. The maximum atomic E-state index is 13.5. The molecule has 8 nitrogen and oxygen atoms in total. The Morgan fingerprint density at radius 2 is 1.59 bits per heavy atom. The molecule has 0 saturated heterocycles. The highest BCUT2D eigenvalue weighted by Gasteiger charge is 2.22. The maximum Gasteiger partial charge on any atom is 0.335 e. The van der Waals surface area contributed by atoms with Crippen molar-refractivity contribution >= 4 is 32.7 Å². The second kappa shape index (κ2) is 8.41. The number of nitrogens with zero attached hydrogens (tertiary/aromatic N) is 3. The summed E-state index contributed by atoms with van der Waals surface area (Å²) in [5.74, 6) is 0. The molecule has 0 radical (unpaired) electrons. The number of aromatic amines is 1. The summed E-state index contributed by atoms with van der Waals surface area (Å²) in [6.07, 6.45) is 1.79. The van der Waals surface area contributed by atoms with Crippen LogP contribution in [0, 0.1) is 6.92 Å². The standard InChI is InChI=1S/C31H28N4O4/c1-17-19(10-8-12-24(17)35-28(36)21-9-6-7-11-25(21)34(5)30(35)38)22-16-33(4)29(37)27-26(22)20-14-13-18(31(2,3)39)15-23(20)32-27/h6-16,32,39H,1-5H3. The first-order valence-electron chi connectivity index (χ1n) is 12.7. The Hall–Kier alpha value is -4.69. The van der Waals surface area contributed by atoms with Crippen LogP contribution in [-0.4, -0.2) is 23.8 Å². The smallest absolute Gasteiger partial charge is 0.335 e. The number of pyridine rings is 1. The number of benzene rings is 3. The normalized spacial score (nSPS) is 12.2. The van der Waals surface area contributed by atoms with Gasteiger partial charge in [0.05, 0.1) is 22.2 Å². The fourth-order valence-corrected chi connectivity index (χ4v) is 5.49. The molecule has 2 N–H and O–H groups in total. The molecule has 8 heteroatoms. The third-order valence-electron chi connectivity index (χ3n) is 7.64. The number of fused-ring (bicyclic) bond motifs is 4. The Labute approximate surface area is 223 Å². The van der Waals surface area contributed by atoms with Crippen molar-refractivity contribution in [1.29, 1.82) is 0 Å². The molecule has 0 saturated carbocycles. The molecule has 39 heavy (non-hydrogen) atoms. The minimum Gasteiger partial charge on any atom is -0.386 e. The van der Waals surface area contributed by atoms with Gasteiger partial charge in [0.2, 0.25) is 0 Å². The number of nitrogens with one attached hydrogen (secondary N) is 1. The van der Waals surface area contributed by atoms with Crippen molar-refractivity contribution < 1.29 is 5.11 Å². The monoisotopic (exact) mass is 520 g/mol. The third-order valence-corrected chi connectivity index (χ3v) is 7.64. The molecule has 196 valence electrons. The van der Waals surface area contributed by atoms with Crippen LogP contribution >= 0.6 is 0 Å². The topological polar surface area (TPSA) is 102 Å². The van der Waals surface area contributed by atoms with Gasteiger partial charge < -0.3 is 14.7 Å². The summed E-state index contributed by atoms with van der Waals surface area (Å²) in [4.78, 5) is 43.4. The van der Waals surface area contributed by atoms with Gasteiger partial charge in [-0.3, -0.25) is 14.2 Å². The Morgan fingerprint density at radius 3 is 2.33 bits per heavy atom. The molecule has 3 heterocycles. The zero-order valence-corrected chi connectivity index (χ0v) is 22.4. The van der Waals surface area contributed by atoms with Crippen LogP contribution in [0.25, 0.3) is 49.5 Å². The lowest BCUT2D eigenvalue weighted by molar-refractivity contribution is 0.0787. The van der Waals surface area contributed by atoms with E-state index in [1.165, 1.54) is 13.7 Å². The molecule has 0 amide bonds. The Balaban J connectivity index is 1.68. The number of aryl methyl sites for hydroxylation is 2. The van der Waals surface area contributed by atoms with E-state index in [4.69, 9.17) is 0 Å². The Bertz CT molecular complexity index is 2150. The van der Waals surface area contributed by atoms with Crippen LogP contribution in [0.2, 0.25) is 0 Å². The van der Waals surface area contributed by atoms with Gasteiger partial charge in [0.15, 0.2) is 0 Å². The number of para-hydroxylation sites is 1. The van der Waals surface area contributed by atoms with Gasteiger partial charge in [-0.05, 0) is 61.7 Å². The van der Waals surface area contributed by atoms with Gasteiger partial charge in [-0.15, -0.1) is 0 Å². The lowest BCUT2D eigenvalue weighted by atomic mass is 9.94. The van der Waals surface area contributed by atoms with E-state index in [0.717, 1.165) is 38.5 Å². The van der Waals surface area contributed by atoms with E-state index in [1.807, 2.05) is 37.3 Å². The van der Waals surface area contributed by atoms with E-state index in [2.05, 4.69) is 4.98 Å². The van der Waals surface area contributed by atoms with Gasteiger partial charge in [0.25, 0.3) is 11.1 Å². The van der Waals surface area contributed by atoms with Crippen LogP contribution in [0.15, 0.2) is 81.2 Å². The van der Waals surface area contributed by atoms with Crippen molar-refractivity contribution in [1.82, 2.24) is 18.7 Å². The Kier molecular flexibility index (Phi) is 5.31. The van der Waals surface area contributed by atoms with Crippen LogP contribution in [0.3, 0.4) is 0 Å². The lowest BCUT2D eigenvalue weighted by Gasteiger charge is -2.17. The van der Waals surface area contributed by atoms with Crippen LogP contribution in [0.1, 0.15) is 25.0 Å². The molecule has 0 aliphatic rings. The van der Waals surface area contributed by atoms with Crippen LogP contribution in [-0.2, 0) is 19.7 Å². The van der Waals surface area contributed by atoms with Crippen LogP contribution < -0.4 is 16.8 Å². The largest absolute Gasteiger partial charge is 0.386 e. The van der Waals surface area contributed by atoms with E-state index in [-0.39, 0.29) is 11.1 Å². The number of aliphatic hydroxyl groups is 1. The highest BCUT2D eigenvalue weighted by atomic mass is 16.3. The number of hydrogen-bond acceptors (Lipinski definition) is 4. The SMILES string of the molecule is Cc1c(-c2cn(C)c(=O)c3[nH]c4cc(C(C)(C)O)ccc4c23)cccc1-n1c(=O)c2ccccc2n(C)c1=O. The van der Waals surface area contributed by atoms with Gasteiger partial charge in [0.1, 0.15) is 5.52 Å². The van der Waals surface area contributed by atoms with E-state index >= 15 is 0 Å². The first-order chi connectivity index (χ1) is 18.5. The van der Waals surface area contributed by atoms with E-state index in [0.29, 0.717) is 22.1 Å². The van der Waals surface area contributed by atoms with Gasteiger partial charge in [-0.25, -0.2) is 9.36 Å². The summed E-state index contributed by atoms with van der Waals surface area (Å²) in [5, 5.41) is 12.6. The first-order valence-corrected chi connectivity index (χ1v) is 12.7. The number of rotatable bonds is 3. The third kappa shape index (κ3) is 3.59. The second-order valence-electron chi connectivity index (χ2n) is 10.6. The molecule has 0 fully saturated rings. The molecular weight excluding hydrogens is 492 g/mol. The molecule has 3 aromatic carbocycles. The average molecular weight is 521 g/mol. The van der Waals surface area contributed by atoms with Gasteiger partial charge in [-0.1, -0.05) is 36.4 Å². The molecular formula is C31H28N4O4. The summed E-state index contributed by atoms with van der Waals surface area (Å²) < 4.78 is 4.22. The van der Waals surface area contributed by atoms with Crippen molar-refractivity contribution in [2.45, 2.75) is 26.4 Å². The van der Waals surface area contributed by atoms with E-state index in [9.17, 15) is 19.5 Å². The molecule has 0 unspecified atom stereocenters. The molecule has 0 spiro atoms. The van der Waals surface area contributed by atoms with Gasteiger partial charge in [-0.2, -0.15) is 0 Å². The zero-order chi connectivity index (χ0) is 27.8. The summed E-state index contributed by atoms with van der Waals surface area (Å²) >= 11 is 0. The zero-order valence-electron chi connectivity index (χ0n) is 22.4. The predicted octanol–water partition coefficient (Wildman–Crippen LogP) is 4.23. The molecule has 0 bridgehead atoms. The fraction of sp³-hybridized carbons (Fsp3) is 0.194. The summed E-state index contributed by atoms with van der Waals surface area (Å²) in [7, 11) is 3.35. The first kappa shape index (κ1) is 24.6. The van der Waals surface area contributed by atoms with Crippen molar-refractivity contribution in [3.8, 4) is 16.8 Å². The molecule has 0 aliphatic heterocycles. The van der Waals surface area contributed by atoms with Crippen molar-refractivity contribution in [3.63, 3.8) is 0 Å². The predicted molar refractivity (Wildman–Crippen MR) is 155 cm³/mol. The molecule has 0 aliphatic carbocycles. The van der Waals surface area contributed by atoms with Crippen LogP contribution in [0.5, 0.6) is 0 Å². The van der Waals surface area contributed by atoms with E-state index in [1.54, 1.807) is 64.5 Å². The van der Waals surface area contributed by atoms with Gasteiger partial charge >= 0.3 is 5.69 Å². The number of aromatic nitrogens is 4. The quantitative estimate of drug-likeness (QED) is 0.365. The summed E-state index contributed by atoms with van der Waals surface area (Å²) in [6, 6.07) is 18.2. The minimum atomic E-state index is -1.04. The number of hydrogen-bond donors (Lipinski definition) is 2. The van der Waals surface area contributed by atoms with Crippen molar-refractivity contribution in [2.24, 2.45) is 14.1 Å². The molecule has 0 atom stereocenters. The number of H-pyrrole nitrogens is 1. The van der Waals surface area contributed by atoms with Crippen molar-refractivity contribution in [2.75, 3.05) is 0 Å². The van der Waals surface area contributed by atoms with E-state index < -0.39 is 11.3 Å². The summed E-state index contributed by atoms with van der Waals surface area (Å²) in [6.45, 7) is 5.31. The second-order valence-corrected chi connectivity index (χ2v) is 10.6. The molecule has 6 aromatic rings. The highest BCUT2D eigenvalue weighted by molar-refractivity contribution is 6.14. The van der Waals surface area contributed by atoms with Gasteiger partial charge in [0, 0.05) is 42.1 Å². The lowest BCUT2D eigenvalue weighted by Crippen LogP contribution is -2.38. The fourth-order valence-electron chi connectivity index (χ4n) is 5.49.